The van der Waals surface area contributed by atoms with Gasteiger partial charge in [0.2, 0.25) is 34.1 Å². The van der Waals surface area contributed by atoms with E-state index in [2.05, 4.69) is 16.7 Å². The highest BCUT2D eigenvalue weighted by molar-refractivity contribution is 7.91. The lowest BCUT2D eigenvalue weighted by Crippen LogP contribution is -2.59. The van der Waals surface area contributed by atoms with Gasteiger partial charge < -0.3 is 20.3 Å². The molecule has 6 bridgehead atoms. The topological polar surface area (TPSA) is 173 Å². The molecule has 300 valence electrons. The number of ether oxygens (including phenoxy) is 1. The Labute approximate surface area is 332 Å². The molecule has 5 atom stereocenters. The lowest BCUT2D eigenvalue weighted by molar-refractivity contribution is -0.141. The third-order valence-corrected chi connectivity index (χ3v) is 13.5. The molecule has 4 aromatic rings. The summed E-state index contributed by atoms with van der Waals surface area (Å²) in [4.78, 5) is 58.6. The van der Waals surface area contributed by atoms with Gasteiger partial charge in [-0.25, -0.2) is 32.2 Å². The number of hydrogen-bond acceptors (Lipinski definition) is 11. The summed E-state index contributed by atoms with van der Waals surface area (Å²) in [5, 5.41) is 7.45. The number of anilines is 1. The lowest BCUT2D eigenvalue weighted by Gasteiger charge is -2.35. The number of rotatable bonds is 6. The van der Waals surface area contributed by atoms with Crippen molar-refractivity contribution in [1.82, 2.24) is 29.9 Å². The van der Waals surface area contributed by atoms with E-state index in [4.69, 9.17) is 19.7 Å². The summed E-state index contributed by atoms with van der Waals surface area (Å²) in [6.45, 7) is 5.52. The summed E-state index contributed by atoms with van der Waals surface area (Å²) < 4.78 is 62.5. The Morgan fingerprint density at radius 2 is 1.82 bits per heavy atom. The number of nitrogens with one attached hydrogen (secondary N) is 3. The number of thiazole rings is 1. The van der Waals surface area contributed by atoms with E-state index in [9.17, 15) is 31.6 Å². The van der Waals surface area contributed by atoms with Gasteiger partial charge in [0.25, 0.3) is 5.91 Å². The molecule has 8 rings (SSSR count). The molecule has 57 heavy (non-hydrogen) atoms. The van der Waals surface area contributed by atoms with Crippen LogP contribution in [-0.4, -0.2) is 87.9 Å². The molecule has 13 nitrogen and oxygen atoms in total. The van der Waals surface area contributed by atoms with Gasteiger partial charge in [-0.1, -0.05) is 63.3 Å². The third-order valence-electron chi connectivity index (χ3n) is 10.9. The molecule has 4 aliphatic rings. The Bertz CT molecular complexity index is 2380. The van der Waals surface area contributed by atoms with Crippen molar-refractivity contribution in [1.29, 1.82) is 0 Å². The number of fused-ring (bicyclic) bond motifs is 9. The standard InChI is InChI=1S/C40H43F2N7O6S2/c1-39(2,3)32-36(51)49-20-25(18-30(49)34(50)47-40(19-27(40)33(41)42)37(52)48-57(53,54)26-15-16-26)55-35-31(44-28-13-6-7-14-29(28)45-35)23-11-8-10-22(17-23)9-4-5-12-24-21-56-38(43-24)46-32/h4,6-11,13-14,17,21,25-27,30,32-33H,5,12,15-16,18-20H2,1-3H3,(H,43,46)(H,47,50)(H,48,52)/b9-4+/t25-,27+,30+,32-,40-/m1/s1. The number of hydrogen-bond donors (Lipinski definition) is 3. The summed E-state index contributed by atoms with van der Waals surface area (Å²) in [6, 6.07) is 12.9. The number of para-hydroxylation sites is 2. The maximum atomic E-state index is 14.8. The molecule has 3 fully saturated rings. The minimum Gasteiger partial charge on any atom is -0.471 e. The van der Waals surface area contributed by atoms with Crippen LogP contribution in [0.15, 0.2) is 60.0 Å². The predicted octanol–water partition coefficient (Wildman–Crippen LogP) is 5.34. The van der Waals surface area contributed by atoms with Gasteiger partial charge in [-0.3, -0.25) is 19.1 Å². The van der Waals surface area contributed by atoms with Crippen molar-refractivity contribution in [3.63, 3.8) is 0 Å². The second kappa shape index (κ2) is 14.7. The molecule has 0 radical (unpaired) electrons. The zero-order valence-electron chi connectivity index (χ0n) is 31.6. The molecule has 4 heterocycles. The average Bonchev–Trinajstić information content (AvgIpc) is 4.06. The van der Waals surface area contributed by atoms with Gasteiger partial charge in [-0.15, -0.1) is 11.3 Å². The van der Waals surface area contributed by atoms with Crippen molar-refractivity contribution >= 4 is 61.3 Å². The number of nitrogens with zero attached hydrogens (tertiary/aromatic N) is 4. The Balaban J connectivity index is 1.18. The summed E-state index contributed by atoms with van der Waals surface area (Å²) in [6.07, 6.45) is 1.75. The Kier molecular flexibility index (Phi) is 10.0. The zero-order valence-corrected chi connectivity index (χ0v) is 33.2. The summed E-state index contributed by atoms with van der Waals surface area (Å²) in [5.74, 6) is -4.02. The molecule has 2 saturated carbocycles. The second-order valence-corrected chi connectivity index (χ2v) is 19.1. The molecule has 2 aromatic carbocycles. The van der Waals surface area contributed by atoms with Crippen LogP contribution in [0.5, 0.6) is 5.88 Å². The molecule has 0 unspecified atom stereocenters. The monoisotopic (exact) mass is 819 g/mol. The Morgan fingerprint density at radius 3 is 2.53 bits per heavy atom. The van der Waals surface area contributed by atoms with E-state index in [0.29, 0.717) is 47.5 Å². The van der Waals surface area contributed by atoms with Crippen LogP contribution in [0.2, 0.25) is 0 Å². The molecule has 3 amide bonds. The SMILES string of the molecule is CC(C)(C)[C@@H]1Nc2nc(cs2)CC/C=C/c2cccc(c2)-c2nc3ccccc3nc2O[C@@H]2C[C@@H](C(=O)N[C@]3(C(=O)NS(=O)(=O)C4CC4)C[C@H]3C(F)F)N(C2)C1=O. The smallest absolute Gasteiger partial charge is 0.259 e. The Morgan fingerprint density at radius 1 is 1.07 bits per heavy atom. The molecule has 2 aliphatic carbocycles. The highest BCUT2D eigenvalue weighted by Gasteiger charge is 2.67. The van der Waals surface area contributed by atoms with E-state index in [1.165, 1.54) is 16.2 Å². The lowest BCUT2D eigenvalue weighted by atomic mass is 9.85. The molecule has 17 heteroatoms. The maximum Gasteiger partial charge on any atom is 0.259 e. The van der Waals surface area contributed by atoms with E-state index in [0.717, 1.165) is 16.8 Å². The fourth-order valence-electron chi connectivity index (χ4n) is 7.49. The summed E-state index contributed by atoms with van der Waals surface area (Å²) in [7, 11) is -4.11. The van der Waals surface area contributed by atoms with E-state index in [1.54, 1.807) is 6.07 Å². The fourth-order valence-corrected chi connectivity index (χ4v) is 9.63. The number of benzene rings is 2. The minimum absolute atomic E-state index is 0.0933. The summed E-state index contributed by atoms with van der Waals surface area (Å²) >= 11 is 1.36. The van der Waals surface area contributed by atoms with Gasteiger partial charge in [0.1, 0.15) is 29.4 Å². The van der Waals surface area contributed by atoms with Crippen LogP contribution in [0.3, 0.4) is 0 Å². The van der Waals surface area contributed by atoms with Crippen LogP contribution >= 0.6 is 11.3 Å². The van der Waals surface area contributed by atoms with Crippen LogP contribution in [0.4, 0.5) is 13.9 Å². The Hall–Kier alpha value is -5.03. The van der Waals surface area contributed by atoms with Crippen molar-refractivity contribution in [2.45, 2.75) is 94.7 Å². The van der Waals surface area contributed by atoms with Crippen molar-refractivity contribution in [3.8, 4) is 17.1 Å². The van der Waals surface area contributed by atoms with E-state index >= 15 is 0 Å². The highest BCUT2D eigenvalue weighted by Crippen LogP contribution is 2.48. The molecule has 1 saturated heterocycles. The van der Waals surface area contributed by atoms with Gasteiger partial charge in [0, 0.05) is 17.4 Å². The number of carbonyl (C=O) groups is 3. The van der Waals surface area contributed by atoms with Crippen molar-refractivity contribution in [2.75, 3.05) is 11.9 Å². The van der Waals surface area contributed by atoms with Gasteiger partial charge in [-0.05, 0) is 61.3 Å². The number of halogens is 2. The van der Waals surface area contributed by atoms with Crippen LogP contribution < -0.4 is 20.1 Å². The van der Waals surface area contributed by atoms with Crippen LogP contribution in [0.25, 0.3) is 28.4 Å². The minimum atomic E-state index is -4.11. The van der Waals surface area contributed by atoms with Crippen LogP contribution in [-0.2, 0) is 30.8 Å². The number of alkyl halides is 2. The zero-order chi connectivity index (χ0) is 40.3. The number of allylic oxidation sites excluding steroid dienone is 1. The summed E-state index contributed by atoms with van der Waals surface area (Å²) in [5.41, 5.74) is 1.25. The first-order chi connectivity index (χ1) is 27.1. The number of amides is 3. The first-order valence-electron chi connectivity index (χ1n) is 19.0. The molecular weight excluding hydrogens is 777 g/mol. The largest absolute Gasteiger partial charge is 0.471 e. The van der Waals surface area contributed by atoms with Crippen LogP contribution in [0, 0.1) is 11.3 Å². The predicted molar refractivity (Wildman–Crippen MR) is 211 cm³/mol. The normalized spacial score (nSPS) is 25.6. The van der Waals surface area contributed by atoms with Gasteiger partial charge in [0.05, 0.1) is 34.4 Å². The average molecular weight is 820 g/mol. The molecule has 0 spiro atoms. The van der Waals surface area contributed by atoms with Gasteiger partial charge >= 0.3 is 0 Å². The number of carbonyl (C=O) groups excluding carboxylic acids is 3. The van der Waals surface area contributed by atoms with Crippen LogP contribution in [0.1, 0.15) is 64.1 Å². The first-order valence-corrected chi connectivity index (χ1v) is 21.4. The van der Waals surface area contributed by atoms with Gasteiger partial charge in [-0.2, -0.15) is 0 Å². The maximum absolute atomic E-state index is 14.8. The van der Waals surface area contributed by atoms with Crippen molar-refractivity contribution in [2.24, 2.45) is 11.3 Å². The van der Waals surface area contributed by atoms with Crippen molar-refractivity contribution in [3.05, 3.63) is 71.2 Å². The molecule has 3 N–H and O–H groups in total. The highest BCUT2D eigenvalue weighted by atomic mass is 32.2. The van der Waals surface area contributed by atoms with Crippen molar-refractivity contribution < 1.29 is 36.3 Å². The van der Waals surface area contributed by atoms with Gasteiger partial charge in [0.15, 0.2) is 5.13 Å². The second-order valence-electron chi connectivity index (χ2n) is 16.3. The number of sulfonamides is 1. The molecule has 2 aliphatic heterocycles. The third kappa shape index (κ3) is 7.95. The van der Waals surface area contributed by atoms with E-state index < -0.39 is 80.9 Å². The fraction of sp³-hybridized carbons (Fsp3) is 0.450. The van der Waals surface area contributed by atoms with E-state index in [1.807, 2.05) is 79.4 Å². The number of aryl methyl sites for hydroxylation is 1. The first kappa shape index (κ1) is 38.8. The molecule has 2 aromatic heterocycles. The molecular formula is C40H43F2N7O6S2. The number of aromatic nitrogens is 3. The quantitative estimate of drug-likeness (QED) is 0.231. The van der Waals surface area contributed by atoms with E-state index in [-0.39, 0.29) is 18.8 Å².